The fourth-order valence-electron chi connectivity index (χ4n) is 2.69. The number of benzene rings is 1. The fraction of sp³-hybridized carbons (Fsp3) is 0.294. The van der Waals surface area contributed by atoms with E-state index in [4.69, 9.17) is 0 Å². The van der Waals surface area contributed by atoms with E-state index in [1.54, 1.807) is 17.3 Å². The Kier molecular flexibility index (Phi) is 4.99. The van der Waals surface area contributed by atoms with Crippen LogP contribution < -0.4 is 0 Å². The topological polar surface area (TPSA) is 33.2 Å². The lowest BCUT2D eigenvalue weighted by Gasteiger charge is -2.24. The smallest absolute Gasteiger partial charge is 0.325 e. The summed E-state index contributed by atoms with van der Waals surface area (Å²) in [6.45, 7) is 0.406. The van der Waals surface area contributed by atoms with Gasteiger partial charge in [-0.2, -0.15) is 13.2 Å². The molecule has 0 spiro atoms. The van der Waals surface area contributed by atoms with Crippen LogP contribution in [0.5, 0.6) is 0 Å². The van der Waals surface area contributed by atoms with E-state index in [9.17, 15) is 22.4 Å². The summed E-state index contributed by atoms with van der Waals surface area (Å²) in [5.41, 5.74) is 0.0574. The first kappa shape index (κ1) is 17.7. The lowest BCUT2D eigenvalue weighted by Crippen LogP contribution is -2.30. The van der Waals surface area contributed by atoms with Gasteiger partial charge in [-0.25, -0.2) is 4.39 Å². The normalized spacial score (nSPS) is 18.0. The van der Waals surface area contributed by atoms with Crippen LogP contribution >= 0.6 is 11.8 Å². The minimum absolute atomic E-state index is 0.107. The van der Waals surface area contributed by atoms with Crippen molar-refractivity contribution < 1.29 is 22.4 Å². The highest BCUT2D eigenvalue weighted by atomic mass is 32.2. The van der Waals surface area contributed by atoms with Gasteiger partial charge in [-0.3, -0.25) is 9.78 Å². The second-order valence-corrected chi connectivity index (χ2v) is 6.66. The minimum atomic E-state index is -4.73. The van der Waals surface area contributed by atoms with Crippen LogP contribution in [0, 0.1) is 5.82 Å². The van der Waals surface area contributed by atoms with Gasteiger partial charge in [0.05, 0.1) is 11.3 Å². The third-order valence-electron chi connectivity index (χ3n) is 3.94. The number of aromatic nitrogens is 1. The summed E-state index contributed by atoms with van der Waals surface area (Å²) >= 11 is 1.28. The van der Waals surface area contributed by atoms with Gasteiger partial charge in [0.15, 0.2) is 0 Å². The van der Waals surface area contributed by atoms with Crippen molar-refractivity contribution in [1.29, 1.82) is 0 Å². The van der Waals surface area contributed by atoms with E-state index in [2.05, 4.69) is 4.98 Å². The minimum Gasteiger partial charge on any atom is -0.325 e. The maximum atomic E-state index is 13.8. The molecule has 25 heavy (non-hydrogen) atoms. The zero-order valence-electron chi connectivity index (χ0n) is 13.0. The Balaban J connectivity index is 1.78. The summed E-state index contributed by atoms with van der Waals surface area (Å²) in [5.74, 6) is -1.20. The molecule has 0 N–H and O–H groups in total. The van der Waals surface area contributed by atoms with Gasteiger partial charge in [0.25, 0.3) is 0 Å². The Morgan fingerprint density at radius 1 is 1.20 bits per heavy atom. The molecule has 132 valence electrons. The number of hydrogen-bond donors (Lipinski definition) is 0. The number of amides is 1. The van der Waals surface area contributed by atoms with Gasteiger partial charge in [-0.05, 0) is 41.8 Å². The number of pyridine rings is 1. The van der Waals surface area contributed by atoms with Crippen LogP contribution in [0.4, 0.5) is 17.6 Å². The first-order valence-electron chi connectivity index (χ1n) is 7.53. The molecule has 1 aromatic carbocycles. The molecule has 1 atom stereocenters. The van der Waals surface area contributed by atoms with E-state index in [1.165, 1.54) is 17.8 Å². The summed E-state index contributed by atoms with van der Waals surface area (Å²) in [6.07, 6.45) is -0.839. The third-order valence-corrected chi connectivity index (χ3v) is 5.20. The number of thioether (sulfide) groups is 1. The van der Waals surface area contributed by atoms with E-state index < -0.39 is 22.9 Å². The molecule has 2 heterocycles. The summed E-state index contributed by atoms with van der Waals surface area (Å²) in [4.78, 5) is 17.6. The van der Waals surface area contributed by atoms with Crippen LogP contribution in [0.2, 0.25) is 0 Å². The molecule has 8 heteroatoms. The summed E-state index contributed by atoms with van der Waals surface area (Å²) in [7, 11) is 0. The molecule has 1 aliphatic heterocycles. The Morgan fingerprint density at radius 3 is 2.56 bits per heavy atom. The first-order chi connectivity index (χ1) is 11.9. The monoisotopic (exact) mass is 370 g/mol. The van der Waals surface area contributed by atoms with Gasteiger partial charge in [0.1, 0.15) is 11.2 Å². The van der Waals surface area contributed by atoms with Crippen molar-refractivity contribution in [1.82, 2.24) is 9.88 Å². The zero-order chi connectivity index (χ0) is 18.0. The second kappa shape index (κ2) is 7.03. The Morgan fingerprint density at radius 2 is 1.92 bits per heavy atom. The highest BCUT2D eigenvalue weighted by molar-refractivity contribution is 8.00. The highest BCUT2D eigenvalue weighted by Crippen LogP contribution is 2.40. The van der Waals surface area contributed by atoms with Crippen molar-refractivity contribution >= 4 is 17.7 Å². The fourth-order valence-corrected chi connectivity index (χ4v) is 3.89. The van der Waals surface area contributed by atoms with Crippen LogP contribution in [-0.2, 0) is 17.4 Å². The maximum absolute atomic E-state index is 13.8. The van der Waals surface area contributed by atoms with Gasteiger partial charge < -0.3 is 4.90 Å². The number of alkyl halides is 3. The number of carbonyl (C=O) groups is 1. The summed E-state index contributed by atoms with van der Waals surface area (Å²) in [5, 5.41) is -0.480. The van der Waals surface area contributed by atoms with Gasteiger partial charge in [0.2, 0.25) is 5.91 Å². The first-order valence-corrected chi connectivity index (χ1v) is 8.58. The predicted molar refractivity (Wildman–Crippen MR) is 86.3 cm³/mol. The van der Waals surface area contributed by atoms with E-state index in [0.29, 0.717) is 18.5 Å². The van der Waals surface area contributed by atoms with E-state index in [-0.39, 0.29) is 11.7 Å². The van der Waals surface area contributed by atoms with Crippen molar-refractivity contribution in [3.05, 3.63) is 65.2 Å². The Labute approximate surface area is 146 Å². The molecule has 3 nitrogen and oxygen atoms in total. The van der Waals surface area contributed by atoms with Crippen molar-refractivity contribution in [3.8, 4) is 0 Å². The number of hydrogen-bond acceptors (Lipinski definition) is 3. The largest absolute Gasteiger partial charge is 0.419 e. The van der Waals surface area contributed by atoms with Crippen LogP contribution in [0.25, 0.3) is 0 Å². The van der Waals surface area contributed by atoms with E-state index in [0.717, 1.165) is 17.7 Å². The van der Waals surface area contributed by atoms with Crippen molar-refractivity contribution in [2.45, 2.75) is 18.0 Å². The Bertz CT molecular complexity index is 767. The van der Waals surface area contributed by atoms with E-state index >= 15 is 0 Å². The average molecular weight is 370 g/mol. The number of rotatable bonds is 4. The lowest BCUT2D eigenvalue weighted by atomic mass is 10.1. The lowest BCUT2D eigenvalue weighted by molar-refractivity contribution is -0.140. The van der Waals surface area contributed by atoms with E-state index in [1.807, 2.05) is 12.1 Å². The molecular weight excluding hydrogens is 356 g/mol. The molecule has 2 aromatic rings. The summed E-state index contributed by atoms with van der Waals surface area (Å²) in [6, 6.07) is 6.51. The maximum Gasteiger partial charge on any atom is 0.419 e. The van der Waals surface area contributed by atoms with Crippen molar-refractivity contribution in [3.63, 3.8) is 0 Å². The molecule has 1 saturated heterocycles. The molecule has 1 aliphatic rings. The van der Waals surface area contributed by atoms with Crippen LogP contribution in [0.15, 0.2) is 42.7 Å². The highest BCUT2D eigenvalue weighted by Gasteiger charge is 2.36. The molecule has 0 radical (unpaired) electrons. The second-order valence-electron chi connectivity index (χ2n) is 5.59. The summed E-state index contributed by atoms with van der Waals surface area (Å²) < 4.78 is 51.9. The van der Waals surface area contributed by atoms with Gasteiger partial charge in [-0.1, -0.05) is 6.07 Å². The average Bonchev–Trinajstić information content (AvgIpc) is 2.93. The molecule has 1 fully saturated rings. The Hall–Kier alpha value is -2.09. The van der Waals surface area contributed by atoms with Crippen LogP contribution in [-0.4, -0.2) is 28.1 Å². The zero-order valence-corrected chi connectivity index (χ0v) is 13.8. The number of nitrogens with zero attached hydrogens (tertiary/aromatic N) is 2. The van der Waals surface area contributed by atoms with Crippen LogP contribution in [0.1, 0.15) is 22.1 Å². The molecule has 3 rings (SSSR count). The molecule has 0 aliphatic carbocycles. The van der Waals surface area contributed by atoms with Gasteiger partial charge in [-0.15, -0.1) is 11.8 Å². The van der Waals surface area contributed by atoms with Crippen molar-refractivity contribution in [2.75, 3.05) is 12.3 Å². The third kappa shape index (κ3) is 3.95. The number of halogens is 4. The SMILES string of the molecule is O=C1CSC(c2ccc(C(F)(F)F)c(F)c2)N1CCc1ccncc1. The molecule has 1 aromatic heterocycles. The molecule has 1 unspecified atom stereocenters. The van der Waals surface area contributed by atoms with Gasteiger partial charge in [0, 0.05) is 18.9 Å². The molecule has 0 bridgehead atoms. The molecule has 0 saturated carbocycles. The van der Waals surface area contributed by atoms with Crippen LogP contribution in [0.3, 0.4) is 0 Å². The number of carbonyl (C=O) groups excluding carboxylic acids is 1. The predicted octanol–water partition coefficient (Wildman–Crippen LogP) is 4.06. The standard InChI is InChI=1S/C17H14F4N2OS/c18-14-9-12(1-2-13(14)17(19,20)21)16-23(15(24)10-25-16)8-5-11-3-6-22-7-4-11/h1-4,6-7,9,16H,5,8,10H2. The van der Waals surface area contributed by atoms with Crippen molar-refractivity contribution in [2.24, 2.45) is 0 Å². The van der Waals surface area contributed by atoms with Gasteiger partial charge >= 0.3 is 6.18 Å². The molecular formula is C17H14F4N2OS. The molecule has 1 amide bonds. The quantitative estimate of drug-likeness (QED) is 0.761.